The molecule has 2 saturated heterocycles. The van der Waals surface area contributed by atoms with E-state index >= 15 is 0 Å². The summed E-state index contributed by atoms with van der Waals surface area (Å²) in [6.45, 7) is 6.48. The second-order valence-corrected chi connectivity index (χ2v) is 7.43. The summed E-state index contributed by atoms with van der Waals surface area (Å²) >= 11 is 2.02. The third kappa shape index (κ3) is 5.00. The number of nitrogens with zero attached hydrogens (tertiary/aromatic N) is 2. The number of hydrogen-bond acceptors (Lipinski definition) is 4. The number of benzene rings is 1. The highest BCUT2D eigenvalue weighted by Crippen LogP contribution is 2.34. The molecule has 5 nitrogen and oxygen atoms in total. The molecule has 1 unspecified atom stereocenters. The van der Waals surface area contributed by atoms with E-state index in [1.54, 1.807) is 0 Å². The summed E-state index contributed by atoms with van der Waals surface area (Å²) in [6.07, 6.45) is 1.18. The van der Waals surface area contributed by atoms with Crippen molar-refractivity contribution in [2.75, 3.05) is 49.7 Å². The Morgan fingerprint density at radius 2 is 2.21 bits per heavy atom. The Morgan fingerprint density at radius 1 is 1.42 bits per heavy atom. The minimum absolute atomic E-state index is 0. The van der Waals surface area contributed by atoms with Gasteiger partial charge in [-0.25, -0.2) is 0 Å². The number of morpholine rings is 1. The molecule has 0 bridgehead atoms. The average Bonchev–Trinajstić information content (AvgIpc) is 3.04. The largest absolute Gasteiger partial charge is 0.379 e. The molecule has 3 rings (SSSR count). The highest BCUT2D eigenvalue weighted by Gasteiger charge is 2.40. The van der Waals surface area contributed by atoms with Crippen molar-refractivity contribution in [3.8, 4) is 0 Å². The maximum absolute atomic E-state index is 6.11. The summed E-state index contributed by atoms with van der Waals surface area (Å²) in [5, 5.41) is 3.20. The van der Waals surface area contributed by atoms with E-state index in [1.165, 1.54) is 17.7 Å². The van der Waals surface area contributed by atoms with Gasteiger partial charge >= 0.3 is 0 Å². The lowest BCUT2D eigenvalue weighted by molar-refractivity contribution is -0.0104. The van der Waals surface area contributed by atoms with Crippen LogP contribution < -0.4 is 11.1 Å². The molecule has 24 heavy (non-hydrogen) atoms. The summed E-state index contributed by atoms with van der Waals surface area (Å²) in [7, 11) is 0. The fourth-order valence-electron chi connectivity index (χ4n) is 3.25. The smallest absolute Gasteiger partial charge is 0.193 e. The number of thioether (sulfide) groups is 1. The van der Waals surface area contributed by atoms with Crippen molar-refractivity contribution in [1.82, 2.24) is 4.90 Å². The van der Waals surface area contributed by atoms with E-state index in [2.05, 4.69) is 34.3 Å². The van der Waals surface area contributed by atoms with Crippen LogP contribution in [0.2, 0.25) is 0 Å². The first-order valence-electron chi connectivity index (χ1n) is 8.22. The van der Waals surface area contributed by atoms with Gasteiger partial charge < -0.3 is 15.8 Å². The Morgan fingerprint density at radius 3 is 2.88 bits per heavy atom. The van der Waals surface area contributed by atoms with E-state index in [4.69, 9.17) is 10.5 Å². The number of rotatable bonds is 4. The van der Waals surface area contributed by atoms with E-state index in [0.29, 0.717) is 5.96 Å². The maximum Gasteiger partial charge on any atom is 0.193 e. The van der Waals surface area contributed by atoms with Crippen LogP contribution in [0.15, 0.2) is 29.3 Å². The van der Waals surface area contributed by atoms with Crippen LogP contribution in [0.25, 0.3) is 0 Å². The van der Waals surface area contributed by atoms with Gasteiger partial charge in [0.05, 0.1) is 25.3 Å². The molecule has 2 aliphatic rings. The second kappa shape index (κ2) is 9.26. The molecule has 2 fully saturated rings. The van der Waals surface area contributed by atoms with Crippen LogP contribution in [0.4, 0.5) is 5.69 Å². The molecule has 7 heteroatoms. The molecule has 2 heterocycles. The molecule has 0 amide bonds. The van der Waals surface area contributed by atoms with Crippen molar-refractivity contribution in [1.29, 1.82) is 0 Å². The standard InChI is InChI=1S/C17H26N4OS.HI/c1-14-3-2-4-15(11-14)20-16(18)19-12-17(5-10-23-13-17)21-6-8-22-9-7-21;/h2-4,11H,5-10,12-13H2,1H3,(H3,18,19,20);1H. The normalized spacial score (nSPS) is 25.3. The molecule has 0 aliphatic carbocycles. The van der Waals surface area contributed by atoms with Crippen LogP contribution >= 0.6 is 35.7 Å². The van der Waals surface area contributed by atoms with Crippen LogP contribution in [0.3, 0.4) is 0 Å². The first-order valence-corrected chi connectivity index (χ1v) is 9.38. The summed E-state index contributed by atoms with van der Waals surface area (Å²) in [4.78, 5) is 7.22. The van der Waals surface area contributed by atoms with Crippen molar-refractivity contribution in [3.63, 3.8) is 0 Å². The molecule has 1 aromatic carbocycles. The Balaban J connectivity index is 0.00000208. The molecule has 0 radical (unpaired) electrons. The van der Waals surface area contributed by atoms with E-state index in [1.807, 2.05) is 23.9 Å². The lowest BCUT2D eigenvalue weighted by Gasteiger charge is -2.42. The molecular weight excluding hydrogens is 435 g/mol. The van der Waals surface area contributed by atoms with Crippen molar-refractivity contribution >= 4 is 47.4 Å². The monoisotopic (exact) mass is 462 g/mol. The van der Waals surface area contributed by atoms with Gasteiger partial charge in [0.15, 0.2) is 5.96 Å². The number of nitrogens with two attached hydrogens (primary N) is 1. The van der Waals surface area contributed by atoms with Crippen LogP contribution in [0.5, 0.6) is 0 Å². The molecule has 1 atom stereocenters. The lowest BCUT2D eigenvalue weighted by Crippen LogP contribution is -2.56. The van der Waals surface area contributed by atoms with E-state index in [-0.39, 0.29) is 29.5 Å². The topological polar surface area (TPSA) is 62.9 Å². The van der Waals surface area contributed by atoms with Gasteiger partial charge in [0.2, 0.25) is 0 Å². The number of aryl methyl sites for hydroxylation is 1. The first kappa shape index (κ1) is 19.8. The second-order valence-electron chi connectivity index (χ2n) is 6.32. The van der Waals surface area contributed by atoms with Crippen LogP contribution in [0, 0.1) is 6.92 Å². The van der Waals surface area contributed by atoms with Crippen molar-refractivity contribution in [3.05, 3.63) is 29.8 Å². The number of halogens is 1. The molecular formula is C17H27IN4OS. The van der Waals surface area contributed by atoms with Gasteiger partial charge in [0.25, 0.3) is 0 Å². The number of anilines is 1. The van der Waals surface area contributed by atoms with Crippen molar-refractivity contribution in [2.24, 2.45) is 10.7 Å². The van der Waals surface area contributed by atoms with Gasteiger partial charge in [-0.3, -0.25) is 9.89 Å². The number of ether oxygens (including phenoxy) is 1. The fourth-order valence-corrected chi connectivity index (χ4v) is 4.72. The zero-order valence-corrected chi connectivity index (χ0v) is 17.3. The highest BCUT2D eigenvalue weighted by molar-refractivity contribution is 14.0. The lowest BCUT2D eigenvalue weighted by atomic mass is 9.96. The maximum atomic E-state index is 6.11. The molecule has 3 N–H and O–H groups in total. The summed E-state index contributed by atoms with van der Waals surface area (Å²) in [6, 6.07) is 8.18. The number of aliphatic imine (C=N–C) groups is 1. The van der Waals surface area contributed by atoms with Gasteiger partial charge in [-0.05, 0) is 36.8 Å². The van der Waals surface area contributed by atoms with Crippen LogP contribution in [-0.4, -0.2) is 60.8 Å². The predicted octanol–water partition coefficient (Wildman–Crippen LogP) is 2.55. The van der Waals surface area contributed by atoms with Crippen molar-refractivity contribution in [2.45, 2.75) is 18.9 Å². The van der Waals surface area contributed by atoms with Crippen LogP contribution in [0.1, 0.15) is 12.0 Å². The van der Waals surface area contributed by atoms with Gasteiger partial charge in [0, 0.05) is 24.5 Å². The third-order valence-corrected chi connectivity index (χ3v) is 5.83. The van der Waals surface area contributed by atoms with E-state index in [9.17, 15) is 0 Å². The van der Waals surface area contributed by atoms with Gasteiger partial charge in [-0.15, -0.1) is 24.0 Å². The number of nitrogens with one attached hydrogen (secondary N) is 1. The fraction of sp³-hybridized carbons (Fsp3) is 0.588. The van der Waals surface area contributed by atoms with Gasteiger partial charge in [-0.2, -0.15) is 11.8 Å². The molecule has 2 aliphatic heterocycles. The first-order chi connectivity index (χ1) is 11.2. The predicted molar refractivity (Wildman–Crippen MR) is 114 cm³/mol. The highest BCUT2D eigenvalue weighted by atomic mass is 127. The molecule has 0 saturated carbocycles. The minimum Gasteiger partial charge on any atom is -0.379 e. The number of guanidine groups is 1. The zero-order valence-electron chi connectivity index (χ0n) is 14.2. The summed E-state index contributed by atoms with van der Waals surface area (Å²) < 4.78 is 5.50. The molecule has 0 aromatic heterocycles. The number of hydrogen-bond donors (Lipinski definition) is 2. The molecule has 134 valence electrons. The van der Waals surface area contributed by atoms with Gasteiger partial charge in [-0.1, -0.05) is 12.1 Å². The Hall–Kier alpha value is -0.510. The Labute approximate surface area is 165 Å². The third-order valence-electron chi connectivity index (χ3n) is 4.60. The molecule has 1 aromatic rings. The van der Waals surface area contributed by atoms with Crippen molar-refractivity contribution < 1.29 is 4.74 Å². The van der Waals surface area contributed by atoms with Gasteiger partial charge in [0.1, 0.15) is 0 Å². The molecule has 0 spiro atoms. The minimum atomic E-state index is 0. The Kier molecular flexibility index (Phi) is 7.64. The van der Waals surface area contributed by atoms with Crippen LogP contribution in [-0.2, 0) is 4.74 Å². The average molecular weight is 462 g/mol. The van der Waals surface area contributed by atoms with E-state index in [0.717, 1.165) is 44.3 Å². The zero-order chi connectivity index (χ0) is 16.1. The SMILES string of the molecule is Cc1cccc(NC(N)=NCC2(N3CCOCC3)CCSC2)c1.I. The summed E-state index contributed by atoms with van der Waals surface area (Å²) in [5.41, 5.74) is 8.46. The Bertz CT molecular complexity index is 557. The summed E-state index contributed by atoms with van der Waals surface area (Å²) in [5.74, 6) is 2.84. The van der Waals surface area contributed by atoms with E-state index < -0.39 is 0 Å². The quantitative estimate of drug-likeness (QED) is 0.409.